The van der Waals surface area contributed by atoms with E-state index in [1.807, 2.05) is 90.1 Å². The summed E-state index contributed by atoms with van der Waals surface area (Å²) in [7, 11) is 0. The maximum absolute atomic E-state index is 12.7. The van der Waals surface area contributed by atoms with E-state index in [4.69, 9.17) is 18.9 Å². The molecule has 2 aliphatic rings. The molecule has 0 bridgehead atoms. The van der Waals surface area contributed by atoms with Gasteiger partial charge in [-0.1, -0.05) is 36.4 Å². The van der Waals surface area contributed by atoms with Gasteiger partial charge in [-0.25, -0.2) is 18.7 Å². The third kappa shape index (κ3) is 6.73. The average Bonchev–Trinajstić information content (AvgIpc) is 3.72. The fourth-order valence-corrected chi connectivity index (χ4v) is 7.13. The van der Waals surface area contributed by atoms with Crippen LogP contribution in [0.2, 0.25) is 0 Å². The Balaban J connectivity index is 0.000000181. The molecule has 2 aliphatic heterocycles. The molecule has 0 N–H and O–H groups in total. The molecule has 0 saturated carbocycles. The second-order valence-corrected chi connectivity index (χ2v) is 14.7. The highest BCUT2D eigenvalue weighted by atomic mass is 79.9. The lowest BCUT2D eigenvalue weighted by Crippen LogP contribution is -2.29. The molecule has 2 fully saturated rings. The van der Waals surface area contributed by atoms with Gasteiger partial charge < -0.3 is 18.9 Å². The molecule has 4 aromatic rings. The number of cyclic esters (lactones) is 2. The smallest absolute Gasteiger partial charge is 0.419 e. The number of benzene rings is 2. The maximum atomic E-state index is 12.7. The van der Waals surface area contributed by atoms with Crippen molar-refractivity contribution in [3.63, 3.8) is 0 Å². The molecule has 46 heavy (non-hydrogen) atoms. The number of carbonyl (C=O) groups excluding carboxylic acids is 4. The minimum atomic E-state index is -0.623. The predicted octanol–water partition coefficient (Wildman–Crippen LogP) is 8.44. The van der Waals surface area contributed by atoms with Gasteiger partial charge in [0.1, 0.15) is 23.0 Å². The number of esters is 2. The highest BCUT2D eigenvalue weighted by Crippen LogP contribution is 2.41. The minimum Gasteiger partial charge on any atom is -0.465 e. The van der Waals surface area contributed by atoms with Crippen LogP contribution in [-0.4, -0.2) is 57.7 Å². The van der Waals surface area contributed by atoms with Crippen molar-refractivity contribution < 1.29 is 38.1 Å². The van der Waals surface area contributed by atoms with E-state index in [-0.39, 0.29) is 11.9 Å². The van der Waals surface area contributed by atoms with Gasteiger partial charge in [-0.15, -0.1) is 0 Å². The standard InChI is InChI=1S/2C17H18BrNO4/c2*1-17(2,3)23-16(21)19-12-7-5-4-6-10(12)13(18)14(19)11-8-9-22-15(11)20/h2*4-7,11H,8-9H2,1-3H3/t2*11-/m11/s1. The average molecular weight is 760 g/mol. The van der Waals surface area contributed by atoms with Crippen molar-refractivity contribution in [2.24, 2.45) is 0 Å². The summed E-state index contributed by atoms with van der Waals surface area (Å²) in [6.45, 7) is 11.6. The van der Waals surface area contributed by atoms with Crippen molar-refractivity contribution in [3.05, 3.63) is 68.9 Å². The molecule has 244 valence electrons. The highest BCUT2D eigenvalue weighted by Gasteiger charge is 2.38. The summed E-state index contributed by atoms with van der Waals surface area (Å²) in [6, 6.07) is 15.0. The molecule has 2 saturated heterocycles. The van der Waals surface area contributed by atoms with Crippen molar-refractivity contribution in [1.82, 2.24) is 9.13 Å². The second-order valence-electron chi connectivity index (χ2n) is 13.1. The molecule has 4 heterocycles. The summed E-state index contributed by atoms with van der Waals surface area (Å²) in [5.74, 6) is -1.55. The number of nitrogens with zero attached hydrogens (tertiary/aromatic N) is 2. The van der Waals surface area contributed by atoms with E-state index in [1.165, 1.54) is 9.13 Å². The molecule has 0 amide bonds. The first-order chi connectivity index (χ1) is 21.6. The predicted molar refractivity (Wildman–Crippen MR) is 179 cm³/mol. The van der Waals surface area contributed by atoms with E-state index in [2.05, 4.69) is 31.9 Å². The SMILES string of the molecule is CC(C)(C)OC(=O)n1c([C@H]2CCOC2=O)c(Br)c2ccccc21.CC(C)(C)OC(=O)n1c([C@H]2CCOC2=O)c(Br)c2ccccc21. The highest BCUT2D eigenvalue weighted by molar-refractivity contribution is 9.11. The number of carbonyl (C=O) groups is 4. The third-order valence-electron chi connectivity index (χ3n) is 7.38. The van der Waals surface area contributed by atoms with E-state index in [1.54, 1.807) is 0 Å². The van der Waals surface area contributed by atoms with Crippen LogP contribution in [0.4, 0.5) is 9.59 Å². The van der Waals surface area contributed by atoms with Gasteiger partial charge in [0, 0.05) is 32.6 Å². The Morgan fingerprint density at radius 1 is 0.674 bits per heavy atom. The summed E-state index contributed by atoms with van der Waals surface area (Å²) < 4.78 is 25.7. The molecular weight excluding hydrogens is 724 g/mol. The van der Waals surface area contributed by atoms with E-state index in [0.717, 1.165) is 19.7 Å². The van der Waals surface area contributed by atoms with Crippen molar-refractivity contribution >= 4 is 77.8 Å². The van der Waals surface area contributed by atoms with Crippen LogP contribution in [0.3, 0.4) is 0 Å². The van der Waals surface area contributed by atoms with Gasteiger partial charge in [0.25, 0.3) is 0 Å². The Kier molecular flexibility index (Phi) is 9.43. The van der Waals surface area contributed by atoms with Crippen LogP contribution in [0.15, 0.2) is 57.5 Å². The molecule has 0 spiro atoms. The number of aromatic nitrogens is 2. The van der Waals surface area contributed by atoms with Crippen molar-refractivity contribution in [3.8, 4) is 0 Å². The Morgan fingerprint density at radius 2 is 1.02 bits per heavy atom. The van der Waals surface area contributed by atoms with Gasteiger partial charge in [-0.2, -0.15) is 0 Å². The lowest BCUT2D eigenvalue weighted by atomic mass is 10.0. The first-order valence-electron chi connectivity index (χ1n) is 15.0. The third-order valence-corrected chi connectivity index (χ3v) is 9.04. The van der Waals surface area contributed by atoms with Gasteiger partial charge in [-0.3, -0.25) is 9.59 Å². The monoisotopic (exact) mass is 758 g/mol. The summed E-state index contributed by atoms with van der Waals surface area (Å²) in [5.41, 5.74) is 1.38. The van der Waals surface area contributed by atoms with Crippen molar-refractivity contribution in [2.45, 2.75) is 77.4 Å². The summed E-state index contributed by atoms with van der Waals surface area (Å²) in [5, 5.41) is 1.74. The molecule has 10 nitrogen and oxygen atoms in total. The van der Waals surface area contributed by atoms with Gasteiger partial charge in [-0.05, 0) is 85.5 Å². The number of hydrogen-bond donors (Lipinski definition) is 0. The largest absolute Gasteiger partial charge is 0.465 e. The number of para-hydroxylation sites is 2. The first-order valence-corrected chi connectivity index (χ1v) is 16.6. The van der Waals surface area contributed by atoms with E-state index < -0.39 is 35.2 Å². The molecule has 2 aromatic carbocycles. The maximum Gasteiger partial charge on any atom is 0.419 e. The lowest BCUT2D eigenvalue weighted by molar-refractivity contribution is -0.140. The van der Waals surface area contributed by atoms with Crippen LogP contribution >= 0.6 is 31.9 Å². The number of fused-ring (bicyclic) bond motifs is 2. The summed E-state index contributed by atoms with van der Waals surface area (Å²) in [6.07, 6.45) is 0.121. The zero-order valence-corrected chi connectivity index (χ0v) is 29.7. The zero-order chi connectivity index (χ0) is 33.6. The number of rotatable bonds is 2. The van der Waals surface area contributed by atoms with Crippen LogP contribution < -0.4 is 0 Å². The van der Waals surface area contributed by atoms with Gasteiger partial charge >= 0.3 is 24.1 Å². The van der Waals surface area contributed by atoms with Crippen LogP contribution in [0.5, 0.6) is 0 Å². The number of halogens is 2. The summed E-state index contributed by atoms with van der Waals surface area (Å²) >= 11 is 7.10. The van der Waals surface area contributed by atoms with E-state index >= 15 is 0 Å². The van der Waals surface area contributed by atoms with Gasteiger partial charge in [0.2, 0.25) is 0 Å². The number of hydrogen-bond acceptors (Lipinski definition) is 8. The Morgan fingerprint density at radius 3 is 1.33 bits per heavy atom. The molecular formula is C34H36Br2N2O8. The lowest BCUT2D eigenvalue weighted by Gasteiger charge is -2.21. The van der Waals surface area contributed by atoms with E-state index in [0.29, 0.717) is 48.5 Å². The molecule has 2 atom stereocenters. The molecule has 0 aliphatic carbocycles. The minimum absolute atomic E-state index is 0.307. The van der Waals surface area contributed by atoms with Gasteiger partial charge in [0.15, 0.2) is 0 Å². The number of ether oxygens (including phenoxy) is 4. The molecule has 6 rings (SSSR count). The molecule has 12 heteroatoms. The Labute approximate surface area is 283 Å². The quantitative estimate of drug-likeness (QED) is 0.148. The molecule has 2 aromatic heterocycles. The Bertz CT molecular complexity index is 1710. The van der Waals surface area contributed by atoms with Crippen LogP contribution in [0.1, 0.15) is 77.6 Å². The fraction of sp³-hybridized carbons (Fsp3) is 0.412. The van der Waals surface area contributed by atoms with E-state index in [9.17, 15) is 19.2 Å². The molecule has 0 unspecified atom stereocenters. The van der Waals surface area contributed by atoms with Crippen molar-refractivity contribution in [2.75, 3.05) is 13.2 Å². The van der Waals surface area contributed by atoms with Crippen molar-refractivity contribution in [1.29, 1.82) is 0 Å². The summed E-state index contributed by atoms with van der Waals surface area (Å²) in [4.78, 5) is 49.6. The molecule has 0 radical (unpaired) electrons. The van der Waals surface area contributed by atoms with Crippen LogP contribution in [0, 0.1) is 0 Å². The normalized spacial score (nSPS) is 18.3. The second kappa shape index (κ2) is 12.9. The van der Waals surface area contributed by atoms with Crippen LogP contribution in [0.25, 0.3) is 21.8 Å². The topological polar surface area (TPSA) is 115 Å². The van der Waals surface area contributed by atoms with Crippen LogP contribution in [-0.2, 0) is 28.5 Å². The zero-order valence-electron chi connectivity index (χ0n) is 26.5. The van der Waals surface area contributed by atoms with Gasteiger partial charge in [0.05, 0.1) is 35.6 Å². The Hall–Kier alpha value is -3.64. The fourth-order valence-electron chi connectivity index (χ4n) is 5.55. The first kappa shape index (κ1) is 33.7.